The standard InChI is InChI=1S/C11H11N3O2/c1-7-9(11(16)14(2)13-7)10(15)8-5-3-4-6-12-8/h3-6,13H,1-2H3. The van der Waals surface area contributed by atoms with Gasteiger partial charge < -0.3 is 0 Å². The first-order chi connectivity index (χ1) is 7.61. The van der Waals surface area contributed by atoms with E-state index in [4.69, 9.17) is 0 Å². The Morgan fingerprint density at radius 2 is 2.19 bits per heavy atom. The normalized spacial score (nSPS) is 10.4. The Morgan fingerprint density at radius 3 is 2.69 bits per heavy atom. The second-order valence-electron chi connectivity index (χ2n) is 3.52. The number of ketones is 1. The zero-order chi connectivity index (χ0) is 11.7. The molecule has 0 aromatic carbocycles. The zero-order valence-electron chi connectivity index (χ0n) is 9.02. The molecule has 16 heavy (non-hydrogen) atoms. The average molecular weight is 217 g/mol. The van der Waals surface area contributed by atoms with E-state index in [0.717, 1.165) is 0 Å². The van der Waals surface area contributed by atoms with E-state index >= 15 is 0 Å². The number of pyridine rings is 1. The summed E-state index contributed by atoms with van der Waals surface area (Å²) in [5.74, 6) is -0.347. The van der Waals surface area contributed by atoms with Gasteiger partial charge in [0.15, 0.2) is 0 Å². The van der Waals surface area contributed by atoms with E-state index in [1.807, 2.05) is 0 Å². The van der Waals surface area contributed by atoms with Gasteiger partial charge in [0.25, 0.3) is 5.56 Å². The lowest BCUT2D eigenvalue weighted by Gasteiger charge is -1.96. The minimum atomic E-state index is -0.347. The lowest BCUT2D eigenvalue weighted by atomic mass is 10.1. The molecule has 0 amide bonds. The minimum Gasteiger partial charge on any atom is -0.299 e. The zero-order valence-corrected chi connectivity index (χ0v) is 9.02. The van der Waals surface area contributed by atoms with E-state index in [-0.39, 0.29) is 22.6 Å². The van der Waals surface area contributed by atoms with Gasteiger partial charge in [-0.3, -0.25) is 24.4 Å². The number of aryl methyl sites for hydroxylation is 2. The van der Waals surface area contributed by atoms with Crippen molar-refractivity contribution in [2.75, 3.05) is 0 Å². The number of hydrogen-bond donors (Lipinski definition) is 1. The highest BCUT2D eigenvalue weighted by molar-refractivity contribution is 6.08. The fourth-order valence-corrected chi connectivity index (χ4v) is 1.58. The summed E-state index contributed by atoms with van der Waals surface area (Å²) in [6.07, 6.45) is 1.53. The lowest BCUT2D eigenvalue weighted by molar-refractivity contribution is 0.103. The molecule has 0 saturated carbocycles. The van der Waals surface area contributed by atoms with E-state index in [9.17, 15) is 9.59 Å². The average Bonchev–Trinajstić information content (AvgIpc) is 2.54. The summed E-state index contributed by atoms with van der Waals surface area (Å²) in [5, 5.41) is 2.78. The second kappa shape index (κ2) is 3.77. The molecule has 0 saturated heterocycles. The Hall–Kier alpha value is -2.17. The SMILES string of the molecule is Cc1[nH]n(C)c(=O)c1C(=O)c1ccccn1. The lowest BCUT2D eigenvalue weighted by Crippen LogP contribution is -2.20. The number of aromatic amines is 1. The minimum absolute atomic E-state index is 0.154. The first kappa shape index (κ1) is 10.4. The molecule has 0 aliphatic rings. The molecule has 0 spiro atoms. The molecule has 2 heterocycles. The maximum Gasteiger partial charge on any atom is 0.277 e. The van der Waals surface area contributed by atoms with Gasteiger partial charge in [-0.2, -0.15) is 0 Å². The molecule has 82 valence electrons. The molecule has 0 radical (unpaired) electrons. The van der Waals surface area contributed by atoms with Gasteiger partial charge in [0.2, 0.25) is 5.78 Å². The molecule has 2 aromatic rings. The summed E-state index contributed by atoms with van der Waals surface area (Å²) in [6, 6.07) is 5.03. The maximum atomic E-state index is 12.0. The fourth-order valence-electron chi connectivity index (χ4n) is 1.58. The predicted octanol–water partition coefficient (Wildman–Crippen LogP) is 0.648. The van der Waals surface area contributed by atoms with Gasteiger partial charge in [-0.15, -0.1) is 0 Å². The van der Waals surface area contributed by atoms with Crippen LogP contribution in [0.15, 0.2) is 29.2 Å². The van der Waals surface area contributed by atoms with Crippen molar-refractivity contribution in [2.24, 2.45) is 7.05 Å². The Balaban J connectivity index is 2.55. The molecule has 0 atom stereocenters. The topological polar surface area (TPSA) is 67.8 Å². The number of aromatic nitrogens is 3. The molecule has 0 unspecified atom stereocenters. The number of nitrogens with zero attached hydrogens (tertiary/aromatic N) is 2. The molecule has 0 aliphatic carbocycles. The Kier molecular flexibility index (Phi) is 2.44. The van der Waals surface area contributed by atoms with Gasteiger partial charge in [0.05, 0.1) is 0 Å². The third-order valence-electron chi connectivity index (χ3n) is 2.35. The highest BCUT2D eigenvalue weighted by atomic mass is 16.2. The molecule has 5 nitrogen and oxygen atoms in total. The molecule has 5 heteroatoms. The van der Waals surface area contributed by atoms with Crippen molar-refractivity contribution < 1.29 is 4.79 Å². The van der Waals surface area contributed by atoms with Crippen LogP contribution in [0.4, 0.5) is 0 Å². The summed E-state index contributed by atoms with van der Waals surface area (Å²) < 4.78 is 1.28. The molecular formula is C11H11N3O2. The number of carbonyl (C=O) groups excluding carboxylic acids is 1. The highest BCUT2D eigenvalue weighted by Crippen LogP contribution is 2.06. The largest absolute Gasteiger partial charge is 0.299 e. The van der Waals surface area contributed by atoms with Gasteiger partial charge >= 0.3 is 0 Å². The molecule has 0 aliphatic heterocycles. The van der Waals surface area contributed by atoms with Crippen LogP contribution < -0.4 is 5.56 Å². The highest BCUT2D eigenvalue weighted by Gasteiger charge is 2.19. The van der Waals surface area contributed by atoms with Crippen molar-refractivity contribution in [3.05, 3.63) is 51.7 Å². The molecule has 2 aromatic heterocycles. The van der Waals surface area contributed by atoms with Crippen molar-refractivity contribution in [1.82, 2.24) is 14.8 Å². The quantitative estimate of drug-likeness (QED) is 0.751. The summed E-state index contributed by atoms with van der Waals surface area (Å²) in [4.78, 5) is 27.6. The molecule has 1 N–H and O–H groups in total. The monoisotopic (exact) mass is 217 g/mol. The van der Waals surface area contributed by atoms with Crippen LogP contribution in [0.25, 0.3) is 0 Å². The summed E-state index contributed by atoms with van der Waals surface area (Å²) in [5.41, 5.74) is 0.666. The van der Waals surface area contributed by atoms with Crippen LogP contribution in [-0.2, 0) is 7.05 Å². The third-order valence-corrected chi connectivity index (χ3v) is 2.35. The van der Waals surface area contributed by atoms with E-state index in [0.29, 0.717) is 5.69 Å². The van der Waals surface area contributed by atoms with Gasteiger partial charge in [-0.05, 0) is 19.1 Å². The summed E-state index contributed by atoms with van der Waals surface area (Å²) >= 11 is 0. The van der Waals surface area contributed by atoms with Crippen molar-refractivity contribution >= 4 is 5.78 Å². The van der Waals surface area contributed by atoms with E-state index < -0.39 is 0 Å². The van der Waals surface area contributed by atoms with Crippen LogP contribution in [0.2, 0.25) is 0 Å². The third kappa shape index (κ3) is 1.56. The molecule has 0 fully saturated rings. The van der Waals surface area contributed by atoms with Crippen LogP contribution >= 0.6 is 0 Å². The summed E-state index contributed by atoms with van der Waals surface area (Å²) in [7, 11) is 1.57. The van der Waals surface area contributed by atoms with E-state index in [1.165, 1.54) is 10.9 Å². The molecule has 0 bridgehead atoms. The first-order valence-corrected chi connectivity index (χ1v) is 4.82. The van der Waals surface area contributed by atoms with Crippen molar-refractivity contribution in [2.45, 2.75) is 6.92 Å². The number of H-pyrrole nitrogens is 1. The molecule has 2 rings (SSSR count). The smallest absolute Gasteiger partial charge is 0.277 e. The number of nitrogens with one attached hydrogen (secondary N) is 1. The van der Waals surface area contributed by atoms with Gasteiger partial charge in [0, 0.05) is 18.9 Å². The van der Waals surface area contributed by atoms with Crippen molar-refractivity contribution in [3.8, 4) is 0 Å². The fraction of sp³-hybridized carbons (Fsp3) is 0.182. The number of hydrogen-bond acceptors (Lipinski definition) is 3. The van der Waals surface area contributed by atoms with Gasteiger partial charge in [-0.1, -0.05) is 6.07 Å². The van der Waals surface area contributed by atoms with Crippen LogP contribution in [0, 0.1) is 6.92 Å². The second-order valence-corrected chi connectivity index (χ2v) is 3.52. The van der Waals surface area contributed by atoms with Crippen LogP contribution in [0.1, 0.15) is 21.7 Å². The Morgan fingerprint density at radius 1 is 1.44 bits per heavy atom. The Labute approximate surface area is 91.7 Å². The number of rotatable bonds is 2. The molecular weight excluding hydrogens is 206 g/mol. The van der Waals surface area contributed by atoms with E-state index in [1.54, 1.807) is 32.2 Å². The van der Waals surface area contributed by atoms with Crippen LogP contribution in [-0.4, -0.2) is 20.5 Å². The predicted molar refractivity (Wildman–Crippen MR) is 58.4 cm³/mol. The Bertz CT molecular complexity index is 581. The van der Waals surface area contributed by atoms with Crippen molar-refractivity contribution in [3.63, 3.8) is 0 Å². The van der Waals surface area contributed by atoms with Crippen LogP contribution in [0.5, 0.6) is 0 Å². The number of carbonyl (C=O) groups is 1. The maximum absolute atomic E-state index is 12.0. The summed E-state index contributed by atoms with van der Waals surface area (Å²) in [6.45, 7) is 1.69. The van der Waals surface area contributed by atoms with Gasteiger partial charge in [-0.25, -0.2) is 0 Å². The van der Waals surface area contributed by atoms with Crippen LogP contribution in [0.3, 0.4) is 0 Å². The first-order valence-electron chi connectivity index (χ1n) is 4.82. The van der Waals surface area contributed by atoms with Crippen molar-refractivity contribution in [1.29, 1.82) is 0 Å². The van der Waals surface area contributed by atoms with E-state index in [2.05, 4.69) is 10.1 Å². The van der Waals surface area contributed by atoms with Gasteiger partial charge in [0.1, 0.15) is 11.3 Å².